The van der Waals surface area contributed by atoms with Gasteiger partial charge in [0.05, 0.1) is 7.11 Å². The summed E-state index contributed by atoms with van der Waals surface area (Å²) >= 11 is 0. The van der Waals surface area contributed by atoms with Gasteiger partial charge in [-0.15, -0.1) is 0 Å². The van der Waals surface area contributed by atoms with E-state index in [0.717, 1.165) is 24.8 Å². The number of methoxy groups -OCH3 is 1. The molecule has 1 unspecified atom stereocenters. The second-order valence-electron chi connectivity index (χ2n) is 5.59. The first-order valence-corrected chi connectivity index (χ1v) is 7.26. The first-order valence-electron chi connectivity index (χ1n) is 7.26. The fourth-order valence-electron chi connectivity index (χ4n) is 2.96. The molecule has 3 nitrogen and oxygen atoms in total. The van der Waals surface area contributed by atoms with Crippen LogP contribution < -0.4 is 15.4 Å². The third-order valence-corrected chi connectivity index (χ3v) is 3.95. The van der Waals surface area contributed by atoms with Crippen molar-refractivity contribution in [3.63, 3.8) is 0 Å². The molecule has 0 spiro atoms. The van der Waals surface area contributed by atoms with Gasteiger partial charge in [-0.05, 0) is 68.9 Å². The van der Waals surface area contributed by atoms with Crippen molar-refractivity contribution in [2.75, 3.05) is 26.7 Å². The van der Waals surface area contributed by atoms with E-state index in [1.807, 2.05) is 0 Å². The van der Waals surface area contributed by atoms with E-state index in [-0.39, 0.29) is 0 Å². The maximum absolute atomic E-state index is 5.40. The highest BCUT2D eigenvalue weighted by Crippen LogP contribution is 2.24. The average molecular weight is 262 g/mol. The zero-order valence-electron chi connectivity index (χ0n) is 12.4. The molecule has 1 atom stereocenters. The second-order valence-corrected chi connectivity index (χ2v) is 5.59. The Hall–Kier alpha value is -1.06. The molecule has 3 heteroatoms. The van der Waals surface area contributed by atoms with Crippen molar-refractivity contribution in [1.29, 1.82) is 0 Å². The van der Waals surface area contributed by atoms with Gasteiger partial charge in [0.15, 0.2) is 0 Å². The Morgan fingerprint density at radius 1 is 1.32 bits per heavy atom. The lowest BCUT2D eigenvalue weighted by Gasteiger charge is -2.13. The predicted molar refractivity (Wildman–Crippen MR) is 79.8 cm³/mol. The Balaban J connectivity index is 1.79. The molecule has 1 aliphatic heterocycles. The lowest BCUT2D eigenvalue weighted by atomic mass is 10.0. The van der Waals surface area contributed by atoms with Gasteiger partial charge in [0.25, 0.3) is 0 Å². The molecule has 0 bridgehead atoms. The van der Waals surface area contributed by atoms with E-state index in [1.54, 1.807) is 7.11 Å². The van der Waals surface area contributed by atoms with Gasteiger partial charge in [-0.25, -0.2) is 0 Å². The van der Waals surface area contributed by atoms with Gasteiger partial charge >= 0.3 is 0 Å². The van der Waals surface area contributed by atoms with Crippen LogP contribution in [0.15, 0.2) is 12.1 Å². The summed E-state index contributed by atoms with van der Waals surface area (Å²) in [4.78, 5) is 0. The summed E-state index contributed by atoms with van der Waals surface area (Å²) in [6.45, 7) is 8.67. The van der Waals surface area contributed by atoms with Gasteiger partial charge < -0.3 is 15.4 Å². The van der Waals surface area contributed by atoms with Crippen LogP contribution in [-0.4, -0.2) is 26.7 Å². The lowest BCUT2D eigenvalue weighted by Crippen LogP contribution is -2.19. The van der Waals surface area contributed by atoms with E-state index in [2.05, 4.69) is 36.6 Å². The number of aryl methyl sites for hydroxylation is 2. The molecule has 0 amide bonds. The molecule has 1 aliphatic rings. The third kappa shape index (κ3) is 3.95. The standard InChI is InChI=1S/C16H26N2O/c1-12-8-15(9-13(2)16(12)19-3)11-18-7-5-14-4-6-17-10-14/h8-9,14,17-18H,4-7,10-11H2,1-3H3. The molecule has 106 valence electrons. The van der Waals surface area contributed by atoms with Crippen LogP contribution in [0.3, 0.4) is 0 Å². The minimum absolute atomic E-state index is 0.867. The molecule has 0 radical (unpaired) electrons. The normalized spacial score (nSPS) is 18.8. The molecule has 0 aromatic heterocycles. The zero-order valence-corrected chi connectivity index (χ0v) is 12.4. The Bertz CT molecular complexity index is 388. The fraction of sp³-hybridized carbons (Fsp3) is 0.625. The van der Waals surface area contributed by atoms with E-state index < -0.39 is 0 Å². The highest BCUT2D eigenvalue weighted by molar-refractivity contribution is 5.43. The van der Waals surface area contributed by atoms with Crippen molar-refractivity contribution >= 4 is 0 Å². The first-order chi connectivity index (χ1) is 9.20. The van der Waals surface area contributed by atoms with E-state index in [0.29, 0.717) is 0 Å². The molecule has 1 fully saturated rings. The lowest BCUT2D eigenvalue weighted by molar-refractivity contribution is 0.408. The van der Waals surface area contributed by atoms with Gasteiger partial charge in [-0.1, -0.05) is 12.1 Å². The summed E-state index contributed by atoms with van der Waals surface area (Å²) in [6.07, 6.45) is 2.61. The molecule has 0 saturated carbocycles. The number of hydrogen-bond acceptors (Lipinski definition) is 3. The summed E-state index contributed by atoms with van der Waals surface area (Å²) in [6, 6.07) is 4.44. The fourth-order valence-corrected chi connectivity index (χ4v) is 2.96. The number of ether oxygens (including phenoxy) is 1. The largest absolute Gasteiger partial charge is 0.496 e. The maximum Gasteiger partial charge on any atom is 0.124 e. The van der Waals surface area contributed by atoms with Crippen LogP contribution in [0.5, 0.6) is 5.75 Å². The highest BCUT2D eigenvalue weighted by atomic mass is 16.5. The molecule has 19 heavy (non-hydrogen) atoms. The van der Waals surface area contributed by atoms with Crippen molar-refractivity contribution < 1.29 is 4.74 Å². The van der Waals surface area contributed by atoms with Crippen LogP contribution in [0, 0.1) is 19.8 Å². The van der Waals surface area contributed by atoms with E-state index in [4.69, 9.17) is 4.74 Å². The molecule has 1 aromatic rings. The molecule has 0 aliphatic carbocycles. The molecular formula is C16H26N2O. The van der Waals surface area contributed by atoms with Crippen LogP contribution in [-0.2, 0) is 6.54 Å². The topological polar surface area (TPSA) is 33.3 Å². The first kappa shape index (κ1) is 14.4. The molecule has 1 aromatic carbocycles. The van der Waals surface area contributed by atoms with Crippen molar-refractivity contribution in [2.45, 2.75) is 33.2 Å². The number of nitrogens with one attached hydrogen (secondary N) is 2. The summed E-state index contributed by atoms with van der Waals surface area (Å²) in [5.41, 5.74) is 3.79. The molecule has 2 N–H and O–H groups in total. The Morgan fingerprint density at radius 3 is 2.63 bits per heavy atom. The van der Waals surface area contributed by atoms with Crippen molar-refractivity contribution in [3.05, 3.63) is 28.8 Å². The van der Waals surface area contributed by atoms with Crippen molar-refractivity contribution in [1.82, 2.24) is 10.6 Å². The Kier molecular flexibility index (Phi) is 5.23. The average Bonchev–Trinajstić information content (AvgIpc) is 2.87. The van der Waals surface area contributed by atoms with Crippen LogP contribution in [0.1, 0.15) is 29.5 Å². The highest BCUT2D eigenvalue weighted by Gasteiger charge is 2.13. The number of benzene rings is 1. The summed E-state index contributed by atoms with van der Waals surface area (Å²) < 4.78 is 5.40. The molecular weight excluding hydrogens is 236 g/mol. The summed E-state index contributed by atoms with van der Waals surface area (Å²) in [5, 5.41) is 6.97. The maximum atomic E-state index is 5.40. The van der Waals surface area contributed by atoms with Gasteiger partial charge in [0.1, 0.15) is 5.75 Å². The van der Waals surface area contributed by atoms with Crippen LogP contribution in [0.25, 0.3) is 0 Å². The van der Waals surface area contributed by atoms with Crippen molar-refractivity contribution in [3.8, 4) is 5.75 Å². The van der Waals surface area contributed by atoms with Crippen molar-refractivity contribution in [2.24, 2.45) is 5.92 Å². The predicted octanol–water partition coefficient (Wildman–Crippen LogP) is 2.40. The molecule has 2 rings (SSSR count). The zero-order chi connectivity index (χ0) is 13.7. The van der Waals surface area contributed by atoms with Crippen LogP contribution >= 0.6 is 0 Å². The van der Waals surface area contributed by atoms with E-state index in [9.17, 15) is 0 Å². The third-order valence-electron chi connectivity index (χ3n) is 3.95. The molecule has 1 heterocycles. The SMILES string of the molecule is COc1c(C)cc(CNCCC2CCNC2)cc1C. The summed E-state index contributed by atoms with van der Waals surface area (Å²) in [7, 11) is 1.74. The van der Waals surface area contributed by atoms with Gasteiger partial charge in [0, 0.05) is 6.54 Å². The smallest absolute Gasteiger partial charge is 0.124 e. The molecule has 1 saturated heterocycles. The van der Waals surface area contributed by atoms with E-state index in [1.165, 1.54) is 42.6 Å². The van der Waals surface area contributed by atoms with Gasteiger partial charge in [-0.3, -0.25) is 0 Å². The summed E-state index contributed by atoms with van der Waals surface area (Å²) in [5.74, 6) is 1.88. The van der Waals surface area contributed by atoms with Crippen LogP contribution in [0.4, 0.5) is 0 Å². The van der Waals surface area contributed by atoms with Gasteiger partial charge in [0.2, 0.25) is 0 Å². The second kappa shape index (κ2) is 6.92. The Morgan fingerprint density at radius 2 is 2.05 bits per heavy atom. The number of rotatable bonds is 6. The minimum Gasteiger partial charge on any atom is -0.496 e. The van der Waals surface area contributed by atoms with Gasteiger partial charge in [-0.2, -0.15) is 0 Å². The van der Waals surface area contributed by atoms with E-state index >= 15 is 0 Å². The van der Waals surface area contributed by atoms with Crippen LogP contribution in [0.2, 0.25) is 0 Å². The minimum atomic E-state index is 0.867. The monoisotopic (exact) mass is 262 g/mol. The Labute approximate surface area is 116 Å². The number of hydrogen-bond donors (Lipinski definition) is 2. The quantitative estimate of drug-likeness (QED) is 0.772.